The van der Waals surface area contributed by atoms with E-state index in [0.29, 0.717) is 14.6 Å². The Morgan fingerprint density at radius 1 is 1.30 bits per heavy atom. The van der Waals surface area contributed by atoms with Crippen molar-refractivity contribution >= 4 is 49.1 Å². The maximum absolute atomic E-state index is 14.0. The molecule has 2 N–H and O–H groups in total. The molecule has 33 heavy (non-hydrogen) atoms. The van der Waals surface area contributed by atoms with Gasteiger partial charge in [0.05, 0.1) is 16.8 Å². The topological polar surface area (TPSA) is 56.7 Å². The Hall–Kier alpha value is -1.52. The van der Waals surface area contributed by atoms with Crippen molar-refractivity contribution in [3.05, 3.63) is 29.3 Å². The first-order chi connectivity index (χ1) is 15.5. The van der Waals surface area contributed by atoms with Gasteiger partial charge in [-0.2, -0.15) is 0 Å². The molecule has 2 atom stereocenters. The van der Waals surface area contributed by atoms with Gasteiger partial charge in [0, 0.05) is 32.5 Å². The van der Waals surface area contributed by atoms with E-state index < -0.39 is 0 Å². The van der Waals surface area contributed by atoms with Crippen LogP contribution in [0.1, 0.15) is 74.1 Å². The summed E-state index contributed by atoms with van der Waals surface area (Å²) in [6, 6.07) is 6.27. The molecule has 0 saturated carbocycles. The average molecular weight is 489 g/mol. The number of aliphatic imine (C=N–C) groups is 1. The molecule has 2 heterocycles. The van der Waals surface area contributed by atoms with Crippen LogP contribution >= 0.6 is 20.7 Å². The third-order valence-corrected chi connectivity index (χ3v) is 7.87. The third-order valence-electron chi connectivity index (χ3n) is 6.40. The summed E-state index contributed by atoms with van der Waals surface area (Å²) in [6.45, 7) is 16.5. The lowest BCUT2D eigenvalue weighted by molar-refractivity contribution is -0.129. The first kappa shape index (κ1) is 26.1. The summed E-state index contributed by atoms with van der Waals surface area (Å²) in [4.78, 5) is 21.1. The van der Waals surface area contributed by atoms with E-state index in [0.717, 1.165) is 55.0 Å². The molecule has 0 radical (unpaired) electrons. The summed E-state index contributed by atoms with van der Waals surface area (Å²) in [6.07, 6.45) is 5.90. The van der Waals surface area contributed by atoms with Gasteiger partial charge >= 0.3 is 0 Å². The maximum atomic E-state index is 14.0. The van der Waals surface area contributed by atoms with Gasteiger partial charge in [-0.05, 0) is 61.3 Å². The third kappa shape index (κ3) is 5.77. The fourth-order valence-corrected chi connectivity index (χ4v) is 6.23. The Morgan fingerprint density at radius 2 is 2.03 bits per heavy atom. The molecule has 0 aliphatic carbocycles. The van der Waals surface area contributed by atoms with Gasteiger partial charge in [0.2, 0.25) is 0 Å². The summed E-state index contributed by atoms with van der Waals surface area (Å²) in [7, 11) is 0.389. The predicted molar refractivity (Wildman–Crippen MR) is 147 cm³/mol. The largest absolute Gasteiger partial charge is 0.347 e. The smallest absolute Gasteiger partial charge is 0.258 e. The molecule has 1 aromatic carbocycles. The van der Waals surface area contributed by atoms with Crippen molar-refractivity contribution in [2.75, 3.05) is 17.5 Å². The Morgan fingerprint density at radius 3 is 2.64 bits per heavy atom. The molecule has 0 saturated heterocycles. The molecule has 182 valence electrons. The molecule has 7 heteroatoms. The molecule has 2 aliphatic rings. The monoisotopic (exact) mass is 488 g/mol. The second-order valence-electron chi connectivity index (χ2n) is 11.0. The van der Waals surface area contributed by atoms with Crippen molar-refractivity contribution < 1.29 is 4.79 Å². The van der Waals surface area contributed by atoms with Crippen molar-refractivity contribution in [2.45, 2.75) is 79.7 Å². The Kier molecular flexibility index (Phi) is 8.22. The van der Waals surface area contributed by atoms with Gasteiger partial charge in [-0.1, -0.05) is 59.9 Å². The van der Waals surface area contributed by atoms with Crippen LogP contribution in [-0.2, 0) is 4.79 Å². The highest BCUT2D eigenvalue weighted by molar-refractivity contribution is 7.99. The van der Waals surface area contributed by atoms with E-state index in [1.54, 1.807) is 11.9 Å². The molecule has 0 fully saturated rings. The summed E-state index contributed by atoms with van der Waals surface area (Å²) in [5.41, 5.74) is 4.03. The van der Waals surface area contributed by atoms with Gasteiger partial charge in [-0.25, -0.2) is 4.99 Å². The highest BCUT2D eigenvalue weighted by Crippen LogP contribution is 2.44. The van der Waals surface area contributed by atoms with E-state index in [-0.39, 0.29) is 16.9 Å². The molecule has 2 unspecified atom stereocenters. The zero-order chi connectivity index (χ0) is 24.4. The maximum Gasteiger partial charge on any atom is 0.258 e. The number of carbonyl (C=O) groups is 1. The number of fused-ring (bicyclic) bond motifs is 1. The summed E-state index contributed by atoms with van der Waals surface area (Å²) in [5, 5.41) is 4.70. The lowest BCUT2D eigenvalue weighted by Crippen LogP contribution is -2.48. The number of anilines is 1. The minimum absolute atomic E-state index is 0.144. The molecule has 2 aliphatic heterocycles. The number of hydrogen-bond donors (Lipinski definition) is 2. The zero-order valence-electron chi connectivity index (χ0n) is 21.6. The number of amides is 1. The predicted octanol–water partition coefficient (Wildman–Crippen LogP) is 6.41. The van der Waals surface area contributed by atoms with Crippen LogP contribution in [0.15, 0.2) is 34.3 Å². The number of rotatable bonds is 9. The number of nitrogens with zero attached hydrogens (tertiary/aromatic N) is 2. The van der Waals surface area contributed by atoms with Crippen LogP contribution in [0, 0.1) is 11.3 Å². The van der Waals surface area contributed by atoms with Crippen molar-refractivity contribution in [3.8, 4) is 0 Å². The Labute approximate surface area is 206 Å². The van der Waals surface area contributed by atoms with Crippen molar-refractivity contribution in [3.63, 3.8) is 0 Å². The Balaban J connectivity index is 2.06. The number of hydrogen-bond acceptors (Lipinski definition) is 5. The molecule has 0 aromatic heterocycles. The SMILES string of the molecule is CCCC1=C(C2=Nc3ccc(NSC)cc3PN2)C(=O)N(CCC(C)(C)C)C1(C)CC(C)C. The first-order valence-electron chi connectivity index (χ1n) is 12.1. The van der Waals surface area contributed by atoms with Crippen LogP contribution in [-0.4, -0.2) is 35.0 Å². The summed E-state index contributed by atoms with van der Waals surface area (Å²) >= 11 is 1.58. The second-order valence-corrected chi connectivity index (χ2v) is 12.6. The van der Waals surface area contributed by atoms with Crippen molar-refractivity contribution in [1.82, 2.24) is 9.99 Å². The van der Waals surface area contributed by atoms with Crippen molar-refractivity contribution in [1.29, 1.82) is 0 Å². The molecular weight excluding hydrogens is 447 g/mol. The van der Waals surface area contributed by atoms with Crippen LogP contribution in [0.3, 0.4) is 0 Å². The number of amidine groups is 1. The first-order valence-corrected chi connectivity index (χ1v) is 14.3. The zero-order valence-corrected chi connectivity index (χ0v) is 23.4. The van der Waals surface area contributed by atoms with Gasteiger partial charge in [-0.15, -0.1) is 0 Å². The van der Waals surface area contributed by atoms with Crippen molar-refractivity contribution in [2.24, 2.45) is 16.3 Å². The fourth-order valence-electron chi connectivity index (χ4n) is 4.94. The van der Waals surface area contributed by atoms with E-state index in [4.69, 9.17) is 4.99 Å². The number of carbonyl (C=O) groups excluding carboxylic acids is 1. The molecular formula is C26H41N4OPS. The minimum Gasteiger partial charge on any atom is -0.347 e. The second kappa shape index (κ2) is 10.4. The quantitative estimate of drug-likeness (QED) is 0.312. The highest BCUT2D eigenvalue weighted by Gasteiger charge is 2.49. The van der Waals surface area contributed by atoms with E-state index in [9.17, 15) is 4.79 Å². The van der Waals surface area contributed by atoms with Gasteiger partial charge in [0.15, 0.2) is 0 Å². The van der Waals surface area contributed by atoms with Crippen LogP contribution in [0.5, 0.6) is 0 Å². The van der Waals surface area contributed by atoms with Gasteiger partial charge < -0.3 is 14.7 Å². The van der Waals surface area contributed by atoms with Gasteiger partial charge in [0.25, 0.3) is 5.91 Å². The number of benzene rings is 1. The normalized spacial score (nSPS) is 21.5. The van der Waals surface area contributed by atoms with Crippen LogP contribution in [0.2, 0.25) is 0 Å². The summed E-state index contributed by atoms with van der Waals surface area (Å²) in [5.74, 6) is 1.40. The molecule has 1 aromatic rings. The number of nitrogens with one attached hydrogen (secondary N) is 2. The molecule has 3 rings (SSSR count). The standard InChI is InChI=1S/C26H41N4OPS/c1-9-10-19-22(23-27-20-12-11-18(29-33-8)15-21(20)32-28-23)24(31)30(14-13-25(4,5)6)26(19,7)16-17(2)3/h11-12,15,17,29,32H,9-10,13-14,16H2,1-8H3,(H,27,28). The van der Waals surface area contributed by atoms with Crippen LogP contribution in [0.25, 0.3) is 0 Å². The minimum atomic E-state index is -0.262. The van der Waals surface area contributed by atoms with Crippen LogP contribution < -0.4 is 15.1 Å². The van der Waals surface area contributed by atoms with Gasteiger partial charge in [0.1, 0.15) is 5.84 Å². The van der Waals surface area contributed by atoms with E-state index in [2.05, 4.69) is 81.4 Å². The van der Waals surface area contributed by atoms with E-state index in [1.165, 1.54) is 10.9 Å². The van der Waals surface area contributed by atoms with E-state index >= 15 is 0 Å². The fraction of sp³-hybridized carbons (Fsp3) is 0.615. The molecule has 1 amide bonds. The van der Waals surface area contributed by atoms with Crippen LogP contribution in [0.4, 0.5) is 11.4 Å². The lowest BCUT2D eigenvalue weighted by atomic mass is 9.80. The lowest BCUT2D eigenvalue weighted by Gasteiger charge is -2.40. The highest BCUT2D eigenvalue weighted by atomic mass is 32.2. The summed E-state index contributed by atoms with van der Waals surface area (Å²) < 4.78 is 3.29. The van der Waals surface area contributed by atoms with E-state index in [1.807, 2.05) is 6.26 Å². The van der Waals surface area contributed by atoms with Gasteiger partial charge in [-0.3, -0.25) is 4.79 Å². The molecule has 0 spiro atoms. The Bertz CT molecular complexity index is 950. The molecule has 5 nitrogen and oxygen atoms in total. The molecule has 0 bridgehead atoms. The average Bonchev–Trinajstić information content (AvgIpc) is 2.91.